The van der Waals surface area contributed by atoms with Gasteiger partial charge in [-0.2, -0.15) is 0 Å². The van der Waals surface area contributed by atoms with Gasteiger partial charge < -0.3 is 10.1 Å². The summed E-state index contributed by atoms with van der Waals surface area (Å²) in [5.41, 5.74) is 7.88. The van der Waals surface area contributed by atoms with E-state index in [0.717, 1.165) is 12.0 Å². The first-order valence-electron chi connectivity index (χ1n) is 12.1. The summed E-state index contributed by atoms with van der Waals surface area (Å²) < 4.78 is 5.78. The monoisotopic (exact) mass is 538 g/mol. The Kier molecular flexibility index (Phi) is 9.36. The molecule has 3 amide bonds. The second kappa shape index (κ2) is 13.5. The van der Waals surface area contributed by atoms with Crippen molar-refractivity contribution in [1.29, 1.82) is 0 Å². The van der Waals surface area contributed by atoms with E-state index in [9.17, 15) is 14.4 Å². The van der Waals surface area contributed by atoms with Crippen molar-refractivity contribution in [1.82, 2.24) is 16.2 Å². The lowest BCUT2D eigenvalue weighted by Gasteiger charge is -2.12. The first-order chi connectivity index (χ1) is 19.0. The van der Waals surface area contributed by atoms with Gasteiger partial charge in [-0.15, -0.1) is 0 Å². The summed E-state index contributed by atoms with van der Waals surface area (Å²) in [6, 6.07) is 31.9. The standard InChI is InChI=1S/C30H26N4O4S/c35-27(22-10-5-2-6-11-22)31-25-16-14-23(15-17-25)29(37)33-34-30(39)32-28(36)24-12-7-13-26(20-24)38-19-18-21-8-3-1-4-9-21/h1-17,20H,18-19H2,(H,31,35)(H,33,37)(H2,32,34,36,39). The third-order valence-electron chi connectivity index (χ3n) is 5.56. The van der Waals surface area contributed by atoms with Gasteiger partial charge in [0.25, 0.3) is 17.7 Å². The van der Waals surface area contributed by atoms with Crippen LogP contribution in [0.25, 0.3) is 0 Å². The molecule has 9 heteroatoms. The fourth-order valence-corrected chi connectivity index (χ4v) is 3.69. The van der Waals surface area contributed by atoms with Crippen LogP contribution >= 0.6 is 12.2 Å². The highest BCUT2D eigenvalue weighted by atomic mass is 32.1. The maximum absolute atomic E-state index is 12.6. The lowest BCUT2D eigenvalue weighted by molar-refractivity contribution is 0.0934. The number of rotatable bonds is 8. The average Bonchev–Trinajstić information content (AvgIpc) is 2.97. The molecule has 0 spiro atoms. The van der Waals surface area contributed by atoms with Crippen LogP contribution in [0, 0.1) is 0 Å². The van der Waals surface area contributed by atoms with Crippen molar-refractivity contribution in [3.8, 4) is 5.75 Å². The van der Waals surface area contributed by atoms with Gasteiger partial charge in [0.2, 0.25) is 0 Å². The lowest BCUT2D eigenvalue weighted by atomic mass is 10.1. The number of hydrogen-bond acceptors (Lipinski definition) is 5. The smallest absolute Gasteiger partial charge is 0.269 e. The first kappa shape index (κ1) is 27.0. The van der Waals surface area contributed by atoms with E-state index in [-0.39, 0.29) is 11.0 Å². The summed E-state index contributed by atoms with van der Waals surface area (Å²) in [7, 11) is 0. The summed E-state index contributed by atoms with van der Waals surface area (Å²) in [4.78, 5) is 37.3. The minimum Gasteiger partial charge on any atom is -0.493 e. The maximum atomic E-state index is 12.6. The first-order valence-corrected chi connectivity index (χ1v) is 12.5. The summed E-state index contributed by atoms with van der Waals surface area (Å²) in [5, 5.41) is 5.22. The third-order valence-corrected chi connectivity index (χ3v) is 5.76. The van der Waals surface area contributed by atoms with Crippen molar-refractivity contribution in [3.63, 3.8) is 0 Å². The van der Waals surface area contributed by atoms with Crippen LogP contribution in [-0.4, -0.2) is 29.4 Å². The number of hydrogen-bond donors (Lipinski definition) is 4. The molecule has 8 nitrogen and oxygen atoms in total. The second-order valence-electron chi connectivity index (χ2n) is 8.37. The Labute approximate surface area is 231 Å². The Morgan fingerprint density at radius 2 is 1.28 bits per heavy atom. The minimum atomic E-state index is -0.471. The number of carbonyl (C=O) groups excluding carboxylic acids is 3. The van der Waals surface area contributed by atoms with Crippen molar-refractivity contribution in [3.05, 3.63) is 131 Å². The number of thiocarbonyl (C=S) groups is 1. The number of hydrazine groups is 1. The zero-order valence-corrected chi connectivity index (χ0v) is 21.7. The van der Waals surface area contributed by atoms with Crippen LogP contribution in [0.15, 0.2) is 109 Å². The van der Waals surface area contributed by atoms with Gasteiger partial charge in [-0.05, 0) is 72.4 Å². The van der Waals surface area contributed by atoms with Gasteiger partial charge in [-0.3, -0.25) is 30.6 Å². The topological polar surface area (TPSA) is 109 Å². The molecule has 0 unspecified atom stereocenters. The van der Waals surface area contributed by atoms with E-state index in [1.807, 2.05) is 36.4 Å². The van der Waals surface area contributed by atoms with Gasteiger partial charge in [0.1, 0.15) is 5.75 Å². The third kappa shape index (κ3) is 8.24. The number of anilines is 1. The summed E-state index contributed by atoms with van der Waals surface area (Å²) >= 11 is 5.13. The highest BCUT2D eigenvalue weighted by molar-refractivity contribution is 7.80. The molecule has 0 radical (unpaired) electrons. The van der Waals surface area contributed by atoms with Crippen LogP contribution in [0.4, 0.5) is 5.69 Å². The molecule has 0 atom stereocenters. The van der Waals surface area contributed by atoms with E-state index in [4.69, 9.17) is 17.0 Å². The zero-order valence-electron chi connectivity index (χ0n) is 20.8. The number of amides is 3. The van der Waals surface area contributed by atoms with Crippen molar-refractivity contribution in [2.24, 2.45) is 0 Å². The summed E-state index contributed by atoms with van der Waals surface area (Å²) in [5.74, 6) is -0.607. The number of benzene rings is 4. The molecule has 0 heterocycles. The Bertz CT molecular complexity index is 1450. The van der Waals surface area contributed by atoms with E-state index in [1.165, 1.54) is 0 Å². The van der Waals surface area contributed by atoms with Crippen LogP contribution in [0.3, 0.4) is 0 Å². The van der Waals surface area contributed by atoms with Crippen molar-refractivity contribution >= 4 is 40.7 Å². The lowest BCUT2D eigenvalue weighted by Crippen LogP contribution is -2.48. The molecule has 0 bridgehead atoms. The van der Waals surface area contributed by atoms with Gasteiger partial charge >= 0.3 is 0 Å². The molecule has 4 aromatic rings. The van der Waals surface area contributed by atoms with Crippen molar-refractivity contribution in [2.45, 2.75) is 6.42 Å². The van der Waals surface area contributed by atoms with Crippen LogP contribution in [0.5, 0.6) is 5.75 Å². The van der Waals surface area contributed by atoms with Crippen LogP contribution in [0.1, 0.15) is 36.6 Å². The van der Waals surface area contributed by atoms with E-state index >= 15 is 0 Å². The molecular weight excluding hydrogens is 512 g/mol. The van der Waals surface area contributed by atoms with Crippen LogP contribution in [-0.2, 0) is 6.42 Å². The molecule has 0 fully saturated rings. The molecule has 39 heavy (non-hydrogen) atoms. The number of ether oxygens (including phenoxy) is 1. The number of carbonyl (C=O) groups is 3. The molecule has 0 aromatic heterocycles. The number of nitrogens with one attached hydrogen (secondary N) is 4. The predicted molar refractivity (Wildman–Crippen MR) is 154 cm³/mol. The van der Waals surface area contributed by atoms with Crippen LogP contribution in [0.2, 0.25) is 0 Å². The Morgan fingerprint density at radius 3 is 2.00 bits per heavy atom. The van der Waals surface area contributed by atoms with Crippen LogP contribution < -0.4 is 26.2 Å². The molecular formula is C30H26N4O4S. The van der Waals surface area contributed by atoms with E-state index in [2.05, 4.69) is 21.5 Å². The Hall–Kier alpha value is -5.02. The molecule has 4 rings (SSSR count). The van der Waals surface area contributed by atoms with Gasteiger partial charge in [0.05, 0.1) is 6.61 Å². The fourth-order valence-electron chi connectivity index (χ4n) is 3.55. The summed E-state index contributed by atoms with van der Waals surface area (Å²) in [6.07, 6.45) is 0.746. The largest absolute Gasteiger partial charge is 0.493 e. The van der Waals surface area contributed by atoms with Crippen molar-refractivity contribution < 1.29 is 19.1 Å². The molecule has 196 valence electrons. The molecule has 0 aliphatic rings. The molecule has 4 aromatic carbocycles. The normalized spacial score (nSPS) is 10.2. The van der Waals surface area contributed by atoms with E-state index in [1.54, 1.807) is 72.8 Å². The maximum Gasteiger partial charge on any atom is 0.269 e. The molecule has 4 N–H and O–H groups in total. The SMILES string of the molecule is O=C(NNC(=S)NC(=O)c1cccc(OCCc2ccccc2)c1)c1ccc(NC(=O)c2ccccc2)cc1. The quantitative estimate of drug-likeness (QED) is 0.194. The summed E-state index contributed by atoms with van der Waals surface area (Å²) in [6.45, 7) is 0.474. The van der Waals surface area contributed by atoms with Gasteiger partial charge in [-0.25, -0.2) is 0 Å². The van der Waals surface area contributed by atoms with Crippen molar-refractivity contribution in [2.75, 3.05) is 11.9 Å². The molecule has 0 aliphatic heterocycles. The highest BCUT2D eigenvalue weighted by Gasteiger charge is 2.11. The highest BCUT2D eigenvalue weighted by Crippen LogP contribution is 2.14. The molecule has 0 saturated carbocycles. The van der Waals surface area contributed by atoms with Gasteiger partial charge in [0, 0.05) is 28.8 Å². The van der Waals surface area contributed by atoms with E-state index in [0.29, 0.717) is 34.7 Å². The Balaban J connectivity index is 1.22. The average molecular weight is 539 g/mol. The van der Waals surface area contributed by atoms with Gasteiger partial charge in [-0.1, -0.05) is 54.6 Å². The Morgan fingerprint density at radius 1 is 0.641 bits per heavy atom. The predicted octanol–water partition coefficient (Wildman–Crippen LogP) is 4.51. The van der Waals surface area contributed by atoms with Gasteiger partial charge in [0.15, 0.2) is 5.11 Å². The zero-order chi connectivity index (χ0) is 27.5. The second-order valence-corrected chi connectivity index (χ2v) is 8.78. The fraction of sp³-hybridized carbons (Fsp3) is 0.0667. The minimum absolute atomic E-state index is 0.0736. The van der Waals surface area contributed by atoms with E-state index < -0.39 is 11.8 Å². The molecule has 0 aliphatic carbocycles. The molecule has 0 saturated heterocycles.